The van der Waals surface area contributed by atoms with E-state index in [2.05, 4.69) is 9.88 Å². The Labute approximate surface area is 141 Å². The molecule has 0 radical (unpaired) electrons. The van der Waals surface area contributed by atoms with E-state index in [1.165, 1.54) is 5.38 Å². The molecule has 24 heavy (non-hydrogen) atoms. The van der Waals surface area contributed by atoms with Gasteiger partial charge in [0.1, 0.15) is 5.69 Å². The number of rotatable bonds is 2. The van der Waals surface area contributed by atoms with Crippen LogP contribution in [0.1, 0.15) is 27.1 Å². The molecule has 0 spiro atoms. The topological polar surface area (TPSA) is 36.4 Å². The second-order valence-corrected chi connectivity index (χ2v) is 6.58. The van der Waals surface area contributed by atoms with Crippen molar-refractivity contribution in [3.63, 3.8) is 0 Å². The van der Waals surface area contributed by atoms with E-state index in [9.17, 15) is 18.0 Å². The molecular formula is C16H16F3N3OS. The van der Waals surface area contributed by atoms with E-state index < -0.39 is 17.1 Å². The van der Waals surface area contributed by atoms with Crippen LogP contribution in [-0.4, -0.2) is 47.4 Å². The molecule has 0 bridgehead atoms. The Morgan fingerprint density at radius 3 is 2.58 bits per heavy atom. The van der Waals surface area contributed by atoms with Crippen molar-refractivity contribution in [1.82, 2.24) is 14.8 Å². The summed E-state index contributed by atoms with van der Waals surface area (Å²) in [6.45, 7) is 1.76. The quantitative estimate of drug-likeness (QED) is 0.829. The van der Waals surface area contributed by atoms with E-state index in [0.29, 0.717) is 31.0 Å². The zero-order valence-electron chi connectivity index (χ0n) is 13.0. The Balaban J connectivity index is 1.88. The normalized spacial score (nSPS) is 19.5. The minimum atomic E-state index is -4.52. The van der Waals surface area contributed by atoms with E-state index in [0.717, 1.165) is 5.56 Å². The lowest BCUT2D eigenvalue weighted by Crippen LogP contribution is -2.49. The molecule has 2 aromatic rings. The maximum absolute atomic E-state index is 12.7. The molecule has 1 fully saturated rings. The number of benzene rings is 1. The molecule has 128 valence electrons. The molecule has 1 aromatic heterocycles. The molecule has 0 saturated carbocycles. The van der Waals surface area contributed by atoms with Crippen molar-refractivity contribution in [3.8, 4) is 0 Å². The number of hydrogen-bond acceptors (Lipinski definition) is 4. The number of carbonyl (C=O) groups is 1. The zero-order chi connectivity index (χ0) is 17.3. The number of thiazole rings is 1. The van der Waals surface area contributed by atoms with Crippen molar-refractivity contribution in [2.75, 3.05) is 26.7 Å². The third-order valence-corrected chi connectivity index (χ3v) is 4.88. The van der Waals surface area contributed by atoms with E-state index in [1.54, 1.807) is 4.90 Å². The number of amides is 1. The largest absolute Gasteiger partial charge is 0.443 e. The van der Waals surface area contributed by atoms with Gasteiger partial charge in [-0.1, -0.05) is 30.3 Å². The van der Waals surface area contributed by atoms with Gasteiger partial charge in [0.05, 0.1) is 6.04 Å². The minimum absolute atomic E-state index is 0.141. The first-order valence-corrected chi connectivity index (χ1v) is 8.31. The number of alkyl halides is 3. The van der Waals surface area contributed by atoms with Gasteiger partial charge in [0.25, 0.3) is 5.91 Å². The van der Waals surface area contributed by atoms with Gasteiger partial charge in [-0.15, -0.1) is 11.3 Å². The number of piperazine rings is 1. The summed E-state index contributed by atoms with van der Waals surface area (Å²) < 4.78 is 38.1. The van der Waals surface area contributed by atoms with Crippen molar-refractivity contribution < 1.29 is 18.0 Å². The summed E-state index contributed by atoms with van der Waals surface area (Å²) in [5, 5.41) is 0.196. The van der Waals surface area contributed by atoms with Gasteiger partial charge in [0.2, 0.25) is 0 Å². The van der Waals surface area contributed by atoms with Crippen molar-refractivity contribution in [2.24, 2.45) is 0 Å². The third kappa shape index (κ3) is 3.44. The van der Waals surface area contributed by atoms with Crippen LogP contribution in [0, 0.1) is 0 Å². The Morgan fingerprint density at radius 2 is 1.96 bits per heavy atom. The van der Waals surface area contributed by atoms with Gasteiger partial charge in [-0.25, -0.2) is 4.98 Å². The van der Waals surface area contributed by atoms with Gasteiger partial charge in [0, 0.05) is 25.0 Å². The molecule has 1 saturated heterocycles. The van der Waals surface area contributed by atoms with E-state index in [-0.39, 0.29) is 11.7 Å². The minimum Gasteiger partial charge on any atom is -0.328 e. The van der Waals surface area contributed by atoms with Crippen LogP contribution < -0.4 is 0 Å². The second-order valence-electron chi connectivity index (χ2n) is 5.72. The summed E-state index contributed by atoms with van der Waals surface area (Å²) in [6, 6.07) is 9.30. The number of likely N-dealkylation sites (N-methyl/N-ethyl adjacent to an activating group) is 1. The van der Waals surface area contributed by atoms with E-state index in [1.807, 2.05) is 37.4 Å². The fourth-order valence-electron chi connectivity index (χ4n) is 2.77. The molecule has 0 N–H and O–H groups in total. The zero-order valence-corrected chi connectivity index (χ0v) is 13.8. The summed E-state index contributed by atoms with van der Waals surface area (Å²) >= 11 is 0.452. The maximum atomic E-state index is 12.7. The van der Waals surface area contributed by atoms with Crippen LogP contribution in [0.15, 0.2) is 35.7 Å². The Morgan fingerprint density at radius 1 is 1.25 bits per heavy atom. The molecule has 1 aliphatic rings. The van der Waals surface area contributed by atoms with Gasteiger partial charge >= 0.3 is 6.18 Å². The molecule has 0 aliphatic carbocycles. The molecule has 1 amide bonds. The molecule has 4 nitrogen and oxygen atoms in total. The average Bonchev–Trinajstić information content (AvgIpc) is 3.05. The number of halogens is 3. The van der Waals surface area contributed by atoms with E-state index >= 15 is 0 Å². The molecule has 8 heteroatoms. The van der Waals surface area contributed by atoms with Crippen molar-refractivity contribution in [1.29, 1.82) is 0 Å². The van der Waals surface area contributed by atoms with Crippen LogP contribution >= 0.6 is 11.3 Å². The lowest BCUT2D eigenvalue weighted by Gasteiger charge is -2.40. The lowest BCUT2D eigenvalue weighted by atomic mass is 10.0. The Hall–Kier alpha value is -1.93. The van der Waals surface area contributed by atoms with Gasteiger partial charge in [-0.05, 0) is 12.6 Å². The highest BCUT2D eigenvalue weighted by Crippen LogP contribution is 2.33. The maximum Gasteiger partial charge on any atom is 0.443 e. The summed E-state index contributed by atoms with van der Waals surface area (Å²) in [5.41, 5.74) is 0.821. The molecule has 2 heterocycles. The van der Waals surface area contributed by atoms with Gasteiger partial charge in [0.15, 0.2) is 5.01 Å². The number of carbonyl (C=O) groups excluding carboxylic acids is 1. The van der Waals surface area contributed by atoms with Crippen LogP contribution in [0.25, 0.3) is 0 Å². The van der Waals surface area contributed by atoms with Crippen LogP contribution in [-0.2, 0) is 6.18 Å². The fourth-order valence-corrected chi connectivity index (χ4v) is 3.43. The van der Waals surface area contributed by atoms with Crippen LogP contribution in [0.5, 0.6) is 0 Å². The Kier molecular flexibility index (Phi) is 4.60. The number of aromatic nitrogens is 1. The summed E-state index contributed by atoms with van der Waals surface area (Å²) in [4.78, 5) is 19.9. The summed E-state index contributed by atoms with van der Waals surface area (Å²) in [7, 11) is 1.96. The van der Waals surface area contributed by atoms with Crippen molar-refractivity contribution >= 4 is 17.2 Å². The van der Waals surface area contributed by atoms with Crippen LogP contribution in [0.3, 0.4) is 0 Å². The monoisotopic (exact) mass is 355 g/mol. The lowest BCUT2D eigenvalue weighted by molar-refractivity contribution is -0.137. The van der Waals surface area contributed by atoms with Gasteiger partial charge in [-0.3, -0.25) is 4.79 Å². The average molecular weight is 355 g/mol. The SMILES string of the molecule is CN1CCN(C(=O)c2csc(C(F)(F)F)n2)C(c2ccccc2)C1. The molecule has 1 aliphatic heterocycles. The van der Waals surface area contributed by atoms with Crippen LogP contribution in [0.4, 0.5) is 13.2 Å². The van der Waals surface area contributed by atoms with Gasteiger partial charge < -0.3 is 9.80 Å². The summed E-state index contributed by atoms with van der Waals surface area (Å²) in [5.74, 6) is -0.455. The predicted octanol–water partition coefficient (Wildman–Crippen LogP) is 3.29. The molecule has 1 unspecified atom stereocenters. The first-order valence-electron chi connectivity index (χ1n) is 7.43. The van der Waals surface area contributed by atoms with Gasteiger partial charge in [-0.2, -0.15) is 13.2 Å². The highest BCUT2D eigenvalue weighted by Gasteiger charge is 2.37. The highest BCUT2D eigenvalue weighted by atomic mass is 32.1. The van der Waals surface area contributed by atoms with Crippen molar-refractivity contribution in [2.45, 2.75) is 12.2 Å². The molecule has 1 aromatic carbocycles. The molecular weight excluding hydrogens is 339 g/mol. The van der Waals surface area contributed by atoms with Crippen LogP contribution in [0.2, 0.25) is 0 Å². The second kappa shape index (κ2) is 6.52. The molecule has 1 atom stereocenters. The fraction of sp³-hybridized carbons (Fsp3) is 0.375. The first kappa shape index (κ1) is 16.9. The van der Waals surface area contributed by atoms with E-state index in [4.69, 9.17) is 0 Å². The third-order valence-electron chi connectivity index (χ3n) is 3.99. The summed E-state index contributed by atoms with van der Waals surface area (Å²) in [6.07, 6.45) is -4.52. The Bertz CT molecular complexity index is 717. The predicted molar refractivity (Wildman–Crippen MR) is 84.8 cm³/mol. The smallest absolute Gasteiger partial charge is 0.328 e. The standard InChI is InChI=1S/C16H16F3N3OS/c1-21-7-8-22(13(9-21)11-5-3-2-4-6-11)14(23)12-10-24-15(20-12)16(17,18)19/h2-6,10,13H,7-9H2,1H3. The first-order chi connectivity index (χ1) is 11.4. The highest BCUT2D eigenvalue weighted by molar-refractivity contribution is 7.09. The number of nitrogens with zero attached hydrogens (tertiary/aromatic N) is 3. The number of hydrogen-bond donors (Lipinski definition) is 0. The van der Waals surface area contributed by atoms with Crippen molar-refractivity contribution in [3.05, 3.63) is 52.0 Å². The molecule has 3 rings (SSSR count).